The maximum absolute atomic E-state index is 14.3. The lowest BCUT2D eigenvalue weighted by Crippen LogP contribution is -2.36. The topological polar surface area (TPSA) is 140 Å². The molecule has 4 rings (SSSR count). The Morgan fingerprint density at radius 3 is 2.47 bits per heavy atom. The number of carbonyl (C=O) groups excluding carboxylic acids is 1. The van der Waals surface area contributed by atoms with Gasteiger partial charge in [-0.25, -0.2) is 14.5 Å². The molecule has 3 unspecified atom stereocenters. The van der Waals surface area contributed by atoms with Crippen molar-refractivity contribution in [1.82, 2.24) is 19.6 Å². The number of esters is 1. The second-order valence-electron chi connectivity index (χ2n) is 10.6. The second kappa shape index (κ2) is 14.8. The Labute approximate surface area is 252 Å². The van der Waals surface area contributed by atoms with Crippen molar-refractivity contribution in [1.29, 1.82) is 0 Å². The van der Waals surface area contributed by atoms with Gasteiger partial charge in [-0.3, -0.25) is 9.32 Å². The van der Waals surface area contributed by atoms with Crippen molar-refractivity contribution in [3.63, 3.8) is 0 Å². The average Bonchev–Trinajstić information content (AvgIpc) is 3.36. The molecule has 0 bridgehead atoms. The molecule has 0 saturated heterocycles. The molecule has 2 aromatic heterocycles. The number of nitrogen functional groups attached to an aromatic ring is 1. The minimum atomic E-state index is -4.09. The number of fused-ring (bicyclic) bond motifs is 3. The number of anilines is 1. The molecule has 0 spiro atoms. The SMILES string of the molecule is CCCCC(COP(=O)(NC(C)C(=O)OC(C)C)Oc1ccccc1)n1c(COCC)nc2c(N)nc3ccccc3c21. The third-order valence-corrected chi connectivity index (χ3v) is 8.42. The molecule has 43 heavy (non-hydrogen) atoms. The molecule has 0 aliphatic rings. The first-order valence-corrected chi connectivity index (χ1v) is 16.3. The number of benzene rings is 2. The van der Waals surface area contributed by atoms with Crippen LogP contribution in [0, 0.1) is 0 Å². The number of unbranched alkanes of at least 4 members (excludes halogenated alkanes) is 1. The Morgan fingerprint density at radius 1 is 1.05 bits per heavy atom. The van der Waals surface area contributed by atoms with Gasteiger partial charge < -0.3 is 24.3 Å². The highest BCUT2D eigenvalue weighted by atomic mass is 31.2. The van der Waals surface area contributed by atoms with Crippen molar-refractivity contribution in [2.45, 2.75) is 78.7 Å². The molecular formula is C31H42N5O6P. The molecule has 4 aromatic rings. The Morgan fingerprint density at radius 2 is 1.77 bits per heavy atom. The van der Waals surface area contributed by atoms with E-state index in [1.54, 1.807) is 45.0 Å². The van der Waals surface area contributed by atoms with Crippen molar-refractivity contribution < 1.29 is 27.9 Å². The summed E-state index contributed by atoms with van der Waals surface area (Å²) in [5.74, 6) is 0.750. The number of nitrogens with one attached hydrogen (secondary N) is 1. The molecule has 3 atom stereocenters. The van der Waals surface area contributed by atoms with E-state index in [2.05, 4.69) is 21.6 Å². The highest BCUT2D eigenvalue weighted by Gasteiger charge is 2.34. The average molecular weight is 612 g/mol. The largest absolute Gasteiger partial charge is 0.462 e. The van der Waals surface area contributed by atoms with Crippen LogP contribution in [0.5, 0.6) is 5.75 Å². The summed E-state index contributed by atoms with van der Waals surface area (Å²) in [5, 5.41) is 3.67. The molecule has 2 heterocycles. The first-order chi connectivity index (χ1) is 20.7. The number of ether oxygens (including phenoxy) is 2. The van der Waals surface area contributed by atoms with Crippen LogP contribution in [-0.2, 0) is 30.0 Å². The van der Waals surface area contributed by atoms with Gasteiger partial charge in [0, 0.05) is 12.0 Å². The van der Waals surface area contributed by atoms with E-state index in [1.165, 1.54) is 0 Å². The Hall–Kier alpha value is -3.50. The summed E-state index contributed by atoms with van der Waals surface area (Å²) < 4.78 is 39.6. The summed E-state index contributed by atoms with van der Waals surface area (Å²) in [4.78, 5) is 22.1. The summed E-state index contributed by atoms with van der Waals surface area (Å²) in [6.45, 7) is 9.83. The maximum atomic E-state index is 14.3. The van der Waals surface area contributed by atoms with Crippen LogP contribution in [0.25, 0.3) is 21.9 Å². The maximum Gasteiger partial charge on any atom is 0.459 e. The van der Waals surface area contributed by atoms with E-state index in [9.17, 15) is 9.36 Å². The van der Waals surface area contributed by atoms with Crippen molar-refractivity contribution >= 4 is 41.5 Å². The number of imidazole rings is 1. The number of hydrogen-bond acceptors (Lipinski definition) is 9. The highest BCUT2D eigenvalue weighted by Crippen LogP contribution is 2.46. The number of rotatable bonds is 16. The van der Waals surface area contributed by atoms with E-state index < -0.39 is 19.8 Å². The standard InChI is InChI=1S/C31H42N5O6P/c1-6-8-14-23(19-40-43(38,42-24-15-10-9-11-16-24)35-22(5)31(37)41-21(3)4)36-27(20-39-7-2)34-28-29(36)25-17-12-13-18-26(25)33-30(28)32/h9-13,15-18,21-23H,6-8,14,19-20H2,1-5H3,(H2,32,33)(H,35,38). The van der Waals surface area contributed by atoms with Gasteiger partial charge in [-0.05, 0) is 52.3 Å². The number of pyridine rings is 1. The number of nitrogens with two attached hydrogens (primary N) is 1. The van der Waals surface area contributed by atoms with Crippen LogP contribution in [0.1, 0.15) is 65.7 Å². The van der Waals surface area contributed by atoms with Gasteiger partial charge >= 0.3 is 13.7 Å². The second-order valence-corrected chi connectivity index (χ2v) is 12.3. The minimum absolute atomic E-state index is 0.00972. The van der Waals surface area contributed by atoms with Crippen molar-refractivity contribution in [3.8, 4) is 5.75 Å². The van der Waals surface area contributed by atoms with Crippen LogP contribution in [0.3, 0.4) is 0 Å². The number of para-hydroxylation sites is 2. The van der Waals surface area contributed by atoms with Gasteiger partial charge in [0.25, 0.3) is 0 Å². The summed E-state index contributed by atoms with van der Waals surface area (Å²) in [6.07, 6.45) is 2.16. The molecule has 0 saturated carbocycles. The van der Waals surface area contributed by atoms with Crippen molar-refractivity contribution in [2.75, 3.05) is 18.9 Å². The molecule has 12 heteroatoms. The third kappa shape index (κ3) is 8.12. The Balaban J connectivity index is 1.76. The van der Waals surface area contributed by atoms with E-state index in [4.69, 9.17) is 29.2 Å². The van der Waals surface area contributed by atoms with Gasteiger partial charge in [0.2, 0.25) is 0 Å². The monoisotopic (exact) mass is 611 g/mol. The van der Waals surface area contributed by atoms with Gasteiger partial charge in [-0.2, -0.15) is 5.09 Å². The zero-order chi connectivity index (χ0) is 31.0. The molecule has 11 nitrogen and oxygen atoms in total. The van der Waals surface area contributed by atoms with Crippen LogP contribution in [0.2, 0.25) is 0 Å². The number of carbonyl (C=O) groups is 1. The van der Waals surface area contributed by atoms with E-state index in [1.807, 2.05) is 37.3 Å². The summed E-state index contributed by atoms with van der Waals surface area (Å²) >= 11 is 0. The smallest absolute Gasteiger partial charge is 0.459 e. The zero-order valence-corrected chi connectivity index (χ0v) is 26.4. The van der Waals surface area contributed by atoms with Gasteiger partial charge in [0.15, 0.2) is 5.82 Å². The van der Waals surface area contributed by atoms with E-state index in [0.29, 0.717) is 35.9 Å². The molecular weight excluding hydrogens is 569 g/mol. The normalized spacial score (nSPS) is 14.6. The fraction of sp³-hybridized carbons (Fsp3) is 0.452. The van der Waals surface area contributed by atoms with Crippen LogP contribution in [0.4, 0.5) is 5.82 Å². The number of hydrogen-bond donors (Lipinski definition) is 2. The first kappa shape index (κ1) is 32.4. The van der Waals surface area contributed by atoms with Crippen molar-refractivity contribution in [2.24, 2.45) is 0 Å². The highest BCUT2D eigenvalue weighted by molar-refractivity contribution is 7.52. The molecule has 0 aliphatic heterocycles. The lowest BCUT2D eigenvalue weighted by atomic mass is 10.1. The van der Waals surface area contributed by atoms with Crippen LogP contribution in [0.15, 0.2) is 54.6 Å². The predicted molar refractivity (Wildman–Crippen MR) is 168 cm³/mol. The van der Waals surface area contributed by atoms with Gasteiger partial charge in [0.1, 0.15) is 29.7 Å². The van der Waals surface area contributed by atoms with Gasteiger partial charge in [-0.15, -0.1) is 0 Å². The molecule has 0 radical (unpaired) electrons. The molecule has 0 aliphatic carbocycles. The van der Waals surface area contributed by atoms with Crippen LogP contribution in [-0.4, -0.2) is 45.9 Å². The molecule has 3 N–H and O–H groups in total. The predicted octanol–water partition coefficient (Wildman–Crippen LogP) is 6.57. The minimum Gasteiger partial charge on any atom is -0.462 e. The van der Waals surface area contributed by atoms with Gasteiger partial charge in [0.05, 0.1) is 29.8 Å². The van der Waals surface area contributed by atoms with E-state index >= 15 is 0 Å². The quantitative estimate of drug-likeness (QED) is 0.106. The molecule has 0 amide bonds. The summed E-state index contributed by atoms with van der Waals surface area (Å²) in [7, 11) is -4.09. The molecule has 0 fully saturated rings. The first-order valence-electron chi connectivity index (χ1n) is 14.8. The number of nitrogens with zero attached hydrogens (tertiary/aromatic N) is 3. The van der Waals surface area contributed by atoms with Crippen molar-refractivity contribution in [3.05, 3.63) is 60.4 Å². The lowest BCUT2D eigenvalue weighted by molar-refractivity contribution is -0.149. The Kier molecular flexibility index (Phi) is 11.2. The zero-order valence-electron chi connectivity index (χ0n) is 25.5. The fourth-order valence-electron chi connectivity index (χ4n) is 4.80. The van der Waals surface area contributed by atoms with E-state index in [0.717, 1.165) is 29.3 Å². The summed E-state index contributed by atoms with van der Waals surface area (Å²) in [6, 6.07) is 15.2. The Bertz CT molecular complexity index is 1560. The van der Waals surface area contributed by atoms with Crippen LogP contribution < -0.4 is 15.3 Å². The molecule has 2 aromatic carbocycles. The summed E-state index contributed by atoms with van der Waals surface area (Å²) in [5.41, 5.74) is 8.52. The number of aromatic nitrogens is 3. The van der Waals surface area contributed by atoms with Gasteiger partial charge in [-0.1, -0.05) is 56.2 Å². The lowest BCUT2D eigenvalue weighted by Gasteiger charge is -2.27. The fourth-order valence-corrected chi connectivity index (χ4v) is 6.33. The molecule has 232 valence electrons. The van der Waals surface area contributed by atoms with Crippen LogP contribution >= 0.6 is 7.75 Å². The third-order valence-electron chi connectivity index (χ3n) is 6.78. The van der Waals surface area contributed by atoms with E-state index in [-0.39, 0.29) is 25.4 Å².